The average Bonchev–Trinajstić information content (AvgIpc) is 2.48. The number of nitrogens with zero attached hydrogens (tertiary/aromatic N) is 1. The molecule has 0 atom stereocenters. The van der Waals surface area contributed by atoms with Gasteiger partial charge in [0.15, 0.2) is 0 Å². The van der Waals surface area contributed by atoms with Crippen molar-refractivity contribution in [2.24, 2.45) is 5.92 Å². The number of rotatable bonds is 4. The molecule has 0 unspecified atom stereocenters. The molecule has 3 heteroatoms. The highest BCUT2D eigenvalue weighted by Gasteiger charge is 2.18. The van der Waals surface area contributed by atoms with E-state index in [1.165, 1.54) is 18.4 Å². The largest absolute Gasteiger partial charge is 0.384 e. The molecule has 0 bridgehead atoms. The van der Waals surface area contributed by atoms with Gasteiger partial charge in [0.05, 0.1) is 0 Å². The topological polar surface area (TPSA) is 32.7 Å². The SMILES string of the molecule is COCC1CCN(Cc2cccc(C#CCO)c2)CC1. The summed E-state index contributed by atoms with van der Waals surface area (Å²) in [6, 6.07) is 8.28. The van der Waals surface area contributed by atoms with Gasteiger partial charge < -0.3 is 9.84 Å². The summed E-state index contributed by atoms with van der Waals surface area (Å²) >= 11 is 0. The molecular formula is C17H23NO2. The molecule has 0 aromatic heterocycles. The van der Waals surface area contributed by atoms with Crippen LogP contribution in [-0.4, -0.2) is 43.4 Å². The Balaban J connectivity index is 1.88. The number of hydrogen-bond donors (Lipinski definition) is 1. The highest BCUT2D eigenvalue weighted by Crippen LogP contribution is 2.19. The third kappa shape index (κ3) is 4.64. The Kier molecular flexibility index (Phi) is 6.07. The minimum Gasteiger partial charge on any atom is -0.384 e. The van der Waals surface area contributed by atoms with Crippen LogP contribution < -0.4 is 0 Å². The normalized spacial score (nSPS) is 16.7. The Labute approximate surface area is 121 Å². The lowest BCUT2D eigenvalue weighted by molar-refractivity contribution is 0.0968. The molecule has 1 saturated heterocycles. The van der Waals surface area contributed by atoms with Crippen molar-refractivity contribution in [2.45, 2.75) is 19.4 Å². The molecular weight excluding hydrogens is 250 g/mol. The van der Waals surface area contributed by atoms with Crippen molar-refractivity contribution in [3.63, 3.8) is 0 Å². The zero-order valence-corrected chi connectivity index (χ0v) is 12.1. The van der Waals surface area contributed by atoms with Crippen LogP contribution in [0.5, 0.6) is 0 Å². The van der Waals surface area contributed by atoms with Gasteiger partial charge in [-0.3, -0.25) is 4.90 Å². The van der Waals surface area contributed by atoms with Crippen LogP contribution in [0.25, 0.3) is 0 Å². The number of ether oxygens (including phenoxy) is 1. The van der Waals surface area contributed by atoms with Crippen molar-refractivity contribution in [3.05, 3.63) is 35.4 Å². The van der Waals surface area contributed by atoms with Gasteiger partial charge in [0.25, 0.3) is 0 Å². The smallest absolute Gasteiger partial charge is 0.104 e. The van der Waals surface area contributed by atoms with Crippen LogP contribution in [0.15, 0.2) is 24.3 Å². The van der Waals surface area contributed by atoms with E-state index in [1.807, 2.05) is 12.1 Å². The number of benzene rings is 1. The van der Waals surface area contributed by atoms with Gasteiger partial charge in [0, 0.05) is 25.8 Å². The van der Waals surface area contributed by atoms with Crippen molar-refractivity contribution < 1.29 is 9.84 Å². The third-order valence-electron chi connectivity index (χ3n) is 3.75. The van der Waals surface area contributed by atoms with Gasteiger partial charge in [-0.15, -0.1) is 0 Å². The fraction of sp³-hybridized carbons (Fsp3) is 0.529. The number of aliphatic hydroxyl groups excluding tert-OH is 1. The van der Waals surface area contributed by atoms with E-state index < -0.39 is 0 Å². The average molecular weight is 273 g/mol. The van der Waals surface area contributed by atoms with Crippen LogP contribution in [0.3, 0.4) is 0 Å². The first kappa shape index (κ1) is 15.1. The number of hydrogen-bond acceptors (Lipinski definition) is 3. The van der Waals surface area contributed by atoms with E-state index in [2.05, 4.69) is 28.9 Å². The zero-order valence-electron chi connectivity index (χ0n) is 12.1. The molecule has 20 heavy (non-hydrogen) atoms. The molecule has 2 rings (SSSR count). The second-order valence-corrected chi connectivity index (χ2v) is 5.34. The molecule has 1 aliphatic rings. The Morgan fingerprint density at radius 2 is 2.15 bits per heavy atom. The summed E-state index contributed by atoms with van der Waals surface area (Å²) in [5, 5.41) is 8.73. The first-order chi connectivity index (χ1) is 9.81. The number of likely N-dealkylation sites (tertiary alicyclic amines) is 1. The van der Waals surface area contributed by atoms with Gasteiger partial charge in [-0.05, 0) is 49.5 Å². The summed E-state index contributed by atoms with van der Waals surface area (Å²) in [5.41, 5.74) is 2.27. The highest BCUT2D eigenvalue weighted by atomic mass is 16.5. The molecule has 108 valence electrons. The van der Waals surface area contributed by atoms with Crippen LogP contribution in [0.2, 0.25) is 0 Å². The molecule has 0 saturated carbocycles. The van der Waals surface area contributed by atoms with Crippen molar-refractivity contribution >= 4 is 0 Å². The predicted molar refractivity (Wildman–Crippen MR) is 80.3 cm³/mol. The Hall–Kier alpha value is -1.34. The van der Waals surface area contributed by atoms with Gasteiger partial charge in [-0.25, -0.2) is 0 Å². The molecule has 0 radical (unpaired) electrons. The van der Waals surface area contributed by atoms with Crippen molar-refractivity contribution in [3.8, 4) is 11.8 Å². The number of piperidine rings is 1. The molecule has 1 aliphatic heterocycles. The second-order valence-electron chi connectivity index (χ2n) is 5.34. The van der Waals surface area contributed by atoms with E-state index >= 15 is 0 Å². The summed E-state index contributed by atoms with van der Waals surface area (Å²) < 4.78 is 5.23. The van der Waals surface area contributed by atoms with E-state index in [4.69, 9.17) is 9.84 Å². The fourth-order valence-electron chi connectivity index (χ4n) is 2.69. The summed E-state index contributed by atoms with van der Waals surface area (Å²) in [6.45, 7) is 4.06. The Bertz CT molecular complexity index is 467. The van der Waals surface area contributed by atoms with Crippen LogP contribution >= 0.6 is 0 Å². The fourth-order valence-corrected chi connectivity index (χ4v) is 2.69. The van der Waals surface area contributed by atoms with E-state index in [1.54, 1.807) is 7.11 Å². The number of aliphatic hydroxyl groups is 1. The summed E-state index contributed by atoms with van der Waals surface area (Å²) in [5.74, 6) is 6.37. The molecule has 1 aromatic carbocycles. The Morgan fingerprint density at radius 3 is 2.85 bits per heavy atom. The first-order valence-electron chi connectivity index (χ1n) is 7.22. The maximum atomic E-state index is 8.73. The standard InChI is InChI=1S/C17H23NO2/c1-20-14-16-7-9-18(10-8-16)13-17-5-2-4-15(12-17)6-3-11-19/h2,4-5,12,16,19H,7-11,13-14H2,1H3. The van der Waals surface area contributed by atoms with E-state index in [0.717, 1.165) is 37.7 Å². The van der Waals surface area contributed by atoms with Gasteiger partial charge in [0.2, 0.25) is 0 Å². The summed E-state index contributed by atoms with van der Waals surface area (Å²) in [7, 11) is 1.78. The predicted octanol–water partition coefficient (Wildman–Crippen LogP) is 1.89. The zero-order chi connectivity index (χ0) is 14.2. The van der Waals surface area contributed by atoms with Crippen molar-refractivity contribution in [1.82, 2.24) is 4.90 Å². The van der Waals surface area contributed by atoms with Crippen LogP contribution in [-0.2, 0) is 11.3 Å². The maximum Gasteiger partial charge on any atom is 0.104 e. The second kappa shape index (κ2) is 8.06. The van der Waals surface area contributed by atoms with E-state index in [-0.39, 0.29) is 6.61 Å². The number of methoxy groups -OCH3 is 1. The van der Waals surface area contributed by atoms with Gasteiger partial charge in [0.1, 0.15) is 6.61 Å². The lowest BCUT2D eigenvalue weighted by Gasteiger charge is -2.31. The quantitative estimate of drug-likeness (QED) is 0.850. The van der Waals surface area contributed by atoms with Crippen LogP contribution in [0.4, 0.5) is 0 Å². The van der Waals surface area contributed by atoms with Gasteiger partial charge in [-0.1, -0.05) is 24.0 Å². The lowest BCUT2D eigenvalue weighted by atomic mass is 9.97. The summed E-state index contributed by atoms with van der Waals surface area (Å²) in [4.78, 5) is 2.49. The minimum atomic E-state index is -0.0861. The minimum absolute atomic E-state index is 0.0861. The van der Waals surface area contributed by atoms with Crippen LogP contribution in [0.1, 0.15) is 24.0 Å². The van der Waals surface area contributed by atoms with Crippen LogP contribution in [0, 0.1) is 17.8 Å². The van der Waals surface area contributed by atoms with Crippen molar-refractivity contribution in [2.75, 3.05) is 33.4 Å². The van der Waals surface area contributed by atoms with Gasteiger partial charge in [-0.2, -0.15) is 0 Å². The first-order valence-corrected chi connectivity index (χ1v) is 7.22. The van der Waals surface area contributed by atoms with Crippen molar-refractivity contribution in [1.29, 1.82) is 0 Å². The molecule has 1 fully saturated rings. The molecule has 1 aromatic rings. The molecule has 1 heterocycles. The maximum absolute atomic E-state index is 8.73. The highest BCUT2D eigenvalue weighted by molar-refractivity contribution is 5.37. The summed E-state index contributed by atoms with van der Waals surface area (Å²) in [6.07, 6.45) is 2.44. The van der Waals surface area contributed by atoms with E-state index in [9.17, 15) is 0 Å². The molecule has 0 spiro atoms. The van der Waals surface area contributed by atoms with Gasteiger partial charge >= 0.3 is 0 Å². The molecule has 0 amide bonds. The molecule has 0 aliphatic carbocycles. The molecule has 1 N–H and O–H groups in total. The lowest BCUT2D eigenvalue weighted by Crippen LogP contribution is -2.34. The monoisotopic (exact) mass is 273 g/mol. The Morgan fingerprint density at radius 1 is 1.35 bits per heavy atom. The van der Waals surface area contributed by atoms with E-state index in [0.29, 0.717) is 0 Å². The molecule has 3 nitrogen and oxygen atoms in total. The third-order valence-corrected chi connectivity index (χ3v) is 3.75.